The molecule has 0 N–H and O–H groups in total. The molecule has 0 spiro atoms. The number of rotatable bonds is 2. The predicted octanol–water partition coefficient (Wildman–Crippen LogP) is 4.25. The summed E-state index contributed by atoms with van der Waals surface area (Å²) in [7, 11) is 0. The van der Waals surface area contributed by atoms with Gasteiger partial charge in [-0.25, -0.2) is 15.0 Å². The minimum atomic E-state index is 0.930. The highest BCUT2D eigenvalue weighted by atomic mass is 79.9. The van der Waals surface area contributed by atoms with Crippen LogP contribution < -0.4 is 0 Å². The molecule has 94 valence electrons. The number of aryl methyl sites for hydroxylation is 1. The summed E-state index contributed by atoms with van der Waals surface area (Å²) in [6.45, 7) is 2.05. The highest BCUT2D eigenvalue weighted by Gasteiger charge is 2.07. The summed E-state index contributed by atoms with van der Waals surface area (Å²) in [5.41, 5.74) is 2.12. The third-order valence-corrected chi connectivity index (χ3v) is 4.51. The van der Waals surface area contributed by atoms with Crippen molar-refractivity contribution in [3.63, 3.8) is 0 Å². The Morgan fingerprint density at radius 2 is 1.95 bits per heavy atom. The van der Waals surface area contributed by atoms with E-state index in [1.807, 2.05) is 43.5 Å². The van der Waals surface area contributed by atoms with E-state index in [2.05, 4.69) is 30.9 Å². The average Bonchev–Trinajstić information content (AvgIpc) is 2.43. The maximum Gasteiger partial charge on any atom is 0.117 e. The molecule has 2 heterocycles. The van der Waals surface area contributed by atoms with E-state index >= 15 is 0 Å². The lowest BCUT2D eigenvalue weighted by molar-refractivity contribution is 1.07. The maximum atomic E-state index is 4.40. The van der Waals surface area contributed by atoms with E-state index in [0.29, 0.717) is 0 Å². The minimum absolute atomic E-state index is 0.930. The molecular weight excluding hydrogens is 322 g/mol. The lowest BCUT2D eigenvalue weighted by Gasteiger charge is -2.05. The minimum Gasteiger partial charge on any atom is -0.248 e. The normalized spacial score (nSPS) is 10.8. The number of fused-ring (bicyclic) bond motifs is 1. The lowest BCUT2D eigenvalue weighted by atomic mass is 10.2. The number of hydrogen-bond acceptors (Lipinski definition) is 4. The molecule has 5 heteroatoms. The highest BCUT2D eigenvalue weighted by Crippen LogP contribution is 2.31. The molecule has 0 atom stereocenters. The van der Waals surface area contributed by atoms with Crippen molar-refractivity contribution in [1.82, 2.24) is 15.0 Å². The first kappa shape index (κ1) is 12.6. The molecule has 0 radical (unpaired) electrons. The molecule has 1 aromatic carbocycles. The SMILES string of the molecule is Cc1cc(Sc2ncnc3ccccc23)ncc1Br. The molecule has 0 aliphatic heterocycles. The van der Waals surface area contributed by atoms with E-state index in [0.717, 1.165) is 31.0 Å². The van der Waals surface area contributed by atoms with Crippen molar-refractivity contribution in [1.29, 1.82) is 0 Å². The largest absolute Gasteiger partial charge is 0.248 e. The van der Waals surface area contributed by atoms with Gasteiger partial charge in [0.2, 0.25) is 0 Å². The van der Waals surface area contributed by atoms with Gasteiger partial charge in [0, 0.05) is 16.1 Å². The molecular formula is C14H10BrN3S. The van der Waals surface area contributed by atoms with E-state index in [9.17, 15) is 0 Å². The van der Waals surface area contributed by atoms with Gasteiger partial charge >= 0.3 is 0 Å². The number of hydrogen-bond donors (Lipinski definition) is 0. The van der Waals surface area contributed by atoms with Gasteiger partial charge in [-0.1, -0.05) is 18.2 Å². The lowest BCUT2D eigenvalue weighted by Crippen LogP contribution is -1.88. The van der Waals surface area contributed by atoms with Gasteiger partial charge in [-0.15, -0.1) is 0 Å². The van der Waals surface area contributed by atoms with E-state index in [1.54, 1.807) is 18.1 Å². The fraction of sp³-hybridized carbons (Fsp3) is 0.0714. The molecule has 0 aliphatic rings. The molecule has 0 amide bonds. The molecule has 3 nitrogen and oxygen atoms in total. The Labute approximate surface area is 123 Å². The van der Waals surface area contributed by atoms with Crippen molar-refractivity contribution in [2.24, 2.45) is 0 Å². The van der Waals surface area contributed by atoms with Crippen LogP contribution in [0.5, 0.6) is 0 Å². The van der Waals surface area contributed by atoms with E-state index in [1.165, 1.54) is 0 Å². The van der Waals surface area contributed by atoms with Gasteiger partial charge in [0.25, 0.3) is 0 Å². The summed E-state index contributed by atoms with van der Waals surface area (Å²) in [5.74, 6) is 0. The van der Waals surface area contributed by atoms with Gasteiger partial charge in [-0.2, -0.15) is 0 Å². The number of nitrogens with zero attached hydrogens (tertiary/aromatic N) is 3. The summed E-state index contributed by atoms with van der Waals surface area (Å²) >= 11 is 5.01. The van der Waals surface area contributed by atoms with E-state index in [-0.39, 0.29) is 0 Å². The Hall–Kier alpha value is -1.46. The van der Waals surface area contributed by atoms with Crippen molar-refractivity contribution >= 4 is 38.6 Å². The molecule has 0 saturated heterocycles. The molecule has 0 fully saturated rings. The summed E-state index contributed by atoms with van der Waals surface area (Å²) in [4.78, 5) is 13.0. The molecule has 0 bridgehead atoms. The van der Waals surface area contributed by atoms with Crippen LogP contribution in [-0.4, -0.2) is 15.0 Å². The monoisotopic (exact) mass is 331 g/mol. The third-order valence-electron chi connectivity index (χ3n) is 2.73. The fourth-order valence-corrected chi connectivity index (χ4v) is 2.87. The summed E-state index contributed by atoms with van der Waals surface area (Å²) in [5, 5.41) is 2.92. The van der Waals surface area contributed by atoms with Crippen LogP contribution >= 0.6 is 27.7 Å². The van der Waals surface area contributed by atoms with Crippen molar-refractivity contribution in [3.8, 4) is 0 Å². The van der Waals surface area contributed by atoms with Crippen LogP contribution in [0, 0.1) is 6.92 Å². The molecule has 0 unspecified atom stereocenters. The second kappa shape index (κ2) is 5.27. The first-order valence-corrected chi connectivity index (χ1v) is 7.35. The first-order valence-electron chi connectivity index (χ1n) is 5.74. The van der Waals surface area contributed by atoms with Gasteiger partial charge in [0.05, 0.1) is 5.52 Å². The van der Waals surface area contributed by atoms with Gasteiger partial charge in [0.1, 0.15) is 16.4 Å². The van der Waals surface area contributed by atoms with Crippen LogP contribution in [0.3, 0.4) is 0 Å². The summed E-state index contributed by atoms with van der Waals surface area (Å²) in [6.07, 6.45) is 3.41. The van der Waals surface area contributed by atoms with Crippen LogP contribution in [0.1, 0.15) is 5.56 Å². The smallest absolute Gasteiger partial charge is 0.117 e. The molecule has 0 aliphatic carbocycles. The molecule has 19 heavy (non-hydrogen) atoms. The topological polar surface area (TPSA) is 38.7 Å². The zero-order valence-electron chi connectivity index (χ0n) is 10.2. The Kier molecular flexibility index (Phi) is 3.48. The van der Waals surface area contributed by atoms with Crippen molar-refractivity contribution < 1.29 is 0 Å². The van der Waals surface area contributed by atoms with Gasteiger partial charge in [-0.05, 0) is 52.3 Å². The van der Waals surface area contributed by atoms with Crippen LogP contribution in [0.15, 0.2) is 57.4 Å². The second-order valence-electron chi connectivity index (χ2n) is 4.07. The summed E-state index contributed by atoms with van der Waals surface area (Å²) < 4.78 is 1.02. The predicted molar refractivity (Wildman–Crippen MR) is 80.3 cm³/mol. The maximum absolute atomic E-state index is 4.40. The van der Waals surface area contributed by atoms with Gasteiger partial charge in [-0.3, -0.25) is 0 Å². The zero-order valence-corrected chi connectivity index (χ0v) is 12.6. The van der Waals surface area contributed by atoms with Gasteiger partial charge < -0.3 is 0 Å². The van der Waals surface area contributed by atoms with Crippen LogP contribution in [0.2, 0.25) is 0 Å². The van der Waals surface area contributed by atoms with Crippen molar-refractivity contribution in [3.05, 3.63) is 52.9 Å². The third kappa shape index (κ3) is 2.62. The molecule has 2 aromatic heterocycles. The highest BCUT2D eigenvalue weighted by molar-refractivity contribution is 9.10. The van der Waals surface area contributed by atoms with E-state index < -0.39 is 0 Å². The number of aromatic nitrogens is 3. The zero-order chi connectivity index (χ0) is 13.2. The molecule has 3 rings (SSSR count). The number of benzene rings is 1. The Morgan fingerprint density at radius 1 is 1.11 bits per heavy atom. The van der Waals surface area contributed by atoms with Crippen LogP contribution in [0.25, 0.3) is 10.9 Å². The second-order valence-corrected chi connectivity index (χ2v) is 5.93. The summed E-state index contributed by atoms with van der Waals surface area (Å²) in [6, 6.07) is 10.0. The first-order chi connectivity index (χ1) is 9.24. The van der Waals surface area contributed by atoms with E-state index in [4.69, 9.17) is 0 Å². The Bertz CT molecular complexity index is 740. The Balaban J connectivity index is 2.03. The fourth-order valence-electron chi connectivity index (χ4n) is 1.73. The van der Waals surface area contributed by atoms with Gasteiger partial charge in [0.15, 0.2) is 0 Å². The molecule has 0 saturated carbocycles. The Morgan fingerprint density at radius 3 is 2.79 bits per heavy atom. The quantitative estimate of drug-likeness (QED) is 0.658. The van der Waals surface area contributed by atoms with Crippen LogP contribution in [0.4, 0.5) is 0 Å². The van der Waals surface area contributed by atoms with Crippen LogP contribution in [-0.2, 0) is 0 Å². The molecule has 3 aromatic rings. The standard InChI is InChI=1S/C14H10BrN3S/c1-9-6-13(16-7-11(9)15)19-14-10-4-2-3-5-12(10)17-8-18-14/h2-8H,1H3. The number of pyridine rings is 1. The van der Waals surface area contributed by atoms with Crippen molar-refractivity contribution in [2.45, 2.75) is 17.0 Å². The van der Waals surface area contributed by atoms with Crippen molar-refractivity contribution in [2.75, 3.05) is 0 Å². The number of halogens is 1. The average molecular weight is 332 g/mol. The number of para-hydroxylation sites is 1.